The van der Waals surface area contributed by atoms with Crippen molar-refractivity contribution >= 4 is 8.05 Å². The van der Waals surface area contributed by atoms with E-state index < -0.39 is 0 Å². The number of hydrogen-bond acceptors (Lipinski definition) is 1. The zero-order chi connectivity index (χ0) is 5.82. The van der Waals surface area contributed by atoms with Gasteiger partial charge in [0, 0.05) is 6.10 Å². The van der Waals surface area contributed by atoms with Gasteiger partial charge in [-0.2, -0.15) is 0 Å². The van der Waals surface area contributed by atoms with Gasteiger partial charge in [0.2, 0.25) is 0 Å². The Kier molecular flexibility index (Phi) is 2.41. The molecule has 0 aromatic heterocycles. The standard InChI is InChI=1S/C6H13BO/c7-8-6-4-2-1-3-5-6/h6H,1-5,7H2. The summed E-state index contributed by atoms with van der Waals surface area (Å²) in [5, 5.41) is 0. The van der Waals surface area contributed by atoms with Gasteiger partial charge < -0.3 is 4.65 Å². The summed E-state index contributed by atoms with van der Waals surface area (Å²) >= 11 is 0. The van der Waals surface area contributed by atoms with Crippen LogP contribution in [-0.2, 0) is 4.65 Å². The molecule has 0 unspecified atom stereocenters. The van der Waals surface area contributed by atoms with Gasteiger partial charge in [-0.1, -0.05) is 19.3 Å². The lowest BCUT2D eigenvalue weighted by atomic mass is 9.97. The Morgan fingerprint density at radius 2 is 1.75 bits per heavy atom. The van der Waals surface area contributed by atoms with Crippen molar-refractivity contribution in [3.8, 4) is 0 Å². The van der Waals surface area contributed by atoms with E-state index in [1.165, 1.54) is 32.1 Å². The van der Waals surface area contributed by atoms with Crippen molar-refractivity contribution in [2.45, 2.75) is 38.2 Å². The number of rotatable bonds is 1. The Morgan fingerprint density at radius 1 is 1.12 bits per heavy atom. The van der Waals surface area contributed by atoms with Crippen LogP contribution in [0.25, 0.3) is 0 Å². The second kappa shape index (κ2) is 3.13. The van der Waals surface area contributed by atoms with E-state index >= 15 is 0 Å². The number of hydrogen-bond donors (Lipinski definition) is 0. The highest BCUT2D eigenvalue weighted by atomic mass is 16.4. The average Bonchev–Trinajstić information content (AvgIpc) is 1.90. The molecule has 0 aliphatic heterocycles. The molecule has 0 heterocycles. The van der Waals surface area contributed by atoms with Crippen LogP contribution in [0.3, 0.4) is 0 Å². The van der Waals surface area contributed by atoms with Crippen molar-refractivity contribution in [1.29, 1.82) is 0 Å². The lowest BCUT2D eigenvalue weighted by Crippen LogP contribution is -2.14. The fourth-order valence-corrected chi connectivity index (χ4v) is 1.30. The fraction of sp³-hybridized carbons (Fsp3) is 1.00. The Balaban J connectivity index is 2.13. The molecule has 1 aliphatic carbocycles. The van der Waals surface area contributed by atoms with E-state index in [2.05, 4.69) is 0 Å². The van der Waals surface area contributed by atoms with Gasteiger partial charge in [-0.05, 0) is 12.8 Å². The molecule has 0 spiro atoms. The topological polar surface area (TPSA) is 9.23 Å². The van der Waals surface area contributed by atoms with Gasteiger partial charge in [0.05, 0.1) is 0 Å². The monoisotopic (exact) mass is 112 g/mol. The molecule has 0 saturated heterocycles. The van der Waals surface area contributed by atoms with Crippen molar-refractivity contribution < 1.29 is 4.65 Å². The van der Waals surface area contributed by atoms with E-state index in [0.29, 0.717) is 6.10 Å². The summed E-state index contributed by atoms with van der Waals surface area (Å²) in [4.78, 5) is 0. The van der Waals surface area contributed by atoms with Crippen molar-refractivity contribution in [2.75, 3.05) is 0 Å². The third kappa shape index (κ3) is 1.51. The zero-order valence-electron chi connectivity index (χ0n) is 5.52. The summed E-state index contributed by atoms with van der Waals surface area (Å²) in [5.74, 6) is 0. The molecule has 1 fully saturated rings. The van der Waals surface area contributed by atoms with Gasteiger partial charge in [0.25, 0.3) is 8.05 Å². The summed E-state index contributed by atoms with van der Waals surface area (Å²) < 4.78 is 5.19. The van der Waals surface area contributed by atoms with Crippen LogP contribution in [0.1, 0.15) is 32.1 Å². The fourth-order valence-electron chi connectivity index (χ4n) is 1.30. The molecule has 1 aliphatic rings. The molecule has 0 atom stereocenters. The van der Waals surface area contributed by atoms with Crippen LogP contribution in [0.2, 0.25) is 0 Å². The third-order valence-electron chi connectivity index (χ3n) is 1.89. The van der Waals surface area contributed by atoms with Crippen molar-refractivity contribution in [3.05, 3.63) is 0 Å². The quantitative estimate of drug-likeness (QED) is 0.457. The first-order valence-electron chi connectivity index (χ1n) is 3.46. The SMILES string of the molecule is BOC1CCCCC1. The maximum atomic E-state index is 5.19. The van der Waals surface area contributed by atoms with Gasteiger partial charge in [-0.25, -0.2) is 0 Å². The van der Waals surface area contributed by atoms with Crippen LogP contribution < -0.4 is 0 Å². The van der Waals surface area contributed by atoms with Gasteiger partial charge in [-0.3, -0.25) is 0 Å². The Bertz CT molecular complexity index is 59.5. The van der Waals surface area contributed by atoms with E-state index in [9.17, 15) is 0 Å². The summed E-state index contributed by atoms with van der Waals surface area (Å²) in [7, 11) is 1.82. The maximum Gasteiger partial charge on any atom is 0.257 e. The van der Waals surface area contributed by atoms with Crippen LogP contribution in [0.15, 0.2) is 0 Å². The van der Waals surface area contributed by atoms with Crippen LogP contribution in [0.5, 0.6) is 0 Å². The molecule has 0 radical (unpaired) electrons. The molecular weight excluding hydrogens is 98.9 g/mol. The first-order chi connectivity index (χ1) is 3.93. The van der Waals surface area contributed by atoms with E-state index in [1.54, 1.807) is 0 Å². The molecule has 0 bridgehead atoms. The second-order valence-electron chi connectivity index (χ2n) is 2.50. The molecule has 46 valence electrons. The molecule has 1 nitrogen and oxygen atoms in total. The molecule has 0 aromatic carbocycles. The summed E-state index contributed by atoms with van der Waals surface area (Å²) in [5.41, 5.74) is 0. The predicted octanol–water partition coefficient (Wildman–Crippen LogP) is 0.884. The molecular formula is C6H13BO. The first-order valence-corrected chi connectivity index (χ1v) is 3.46. The molecule has 0 aromatic rings. The predicted molar refractivity (Wildman–Crippen MR) is 36.5 cm³/mol. The Hall–Kier alpha value is 0.0249. The molecule has 8 heavy (non-hydrogen) atoms. The van der Waals surface area contributed by atoms with Gasteiger partial charge >= 0.3 is 0 Å². The van der Waals surface area contributed by atoms with Gasteiger partial charge in [-0.15, -0.1) is 0 Å². The van der Waals surface area contributed by atoms with Crippen LogP contribution in [0.4, 0.5) is 0 Å². The van der Waals surface area contributed by atoms with E-state index in [0.717, 1.165) is 0 Å². The second-order valence-corrected chi connectivity index (χ2v) is 2.50. The Labute approximate surface area is 51.9 Å². The van der Waals surface area contributed by atoms with Gasteiger partial charge in [0.1, 0.15) is 0 Å². The van der Waals surface area contributed by atoms with Crippen LogP contribution in [-0.4, -0.2) is 14.2 Å². The molecule has 1 rings (SSSR count). The minimum absolute atomic E-state index is 0.587. The zero-order valence-corrected chi connectivity index (χ0v) is 5.52. The van der Waals surface area contributed by atoms with Crippen molar-refractivity contribution in [3.63, 3.8) is 0 Å². The smallest absolute Gasteiger partial charge is 0.257 e. The van der Waals surface area contributed by atoms with Crippen LogP contribution in [0, 0.1) is 0 Å². The van der Waals surface area contributed by atoms with E-state index in [1.807, 2.05) is 8.05 Å². The normalized spacial score (nSPS) is 23.5. The summed E-state index contributed by atoms with van der Waals surface area (Å²) in [6.07, 6.45) is 7.33. The van der Waals surface area contributed by atoms with Gasteiger partial charge in [0.15, 0.2) is 0 Å². The third-order valence-corrected chi connectivity index (χ3v) is 1.89. The van der Waals surface area contributed by atoms with Crippen molar-refractivity contribution in [2.24, 2.45) is 0 Å². The molecule has 0 N–H and O–H groups in total. The molecule has 0 amide bonds. The lowest BCUT2D eigenvalue weighted by molar-refractivity contribution is 0.169. The minimum Gasteiger partial charge on any atom is -0.441 e. The van der Waals surface area contributed by atoms with E-state index in [4.69, 9.17) is 4.65 Å². The minimum atomic E-state index is 0.587. The Morgan fingerprint density at radius 3 is 2.12 bits per heavy atom. The molecule has 2 heteroatoms. The van der Waals surface area contributed by atoms with Crippen molar-refractivity contribution in [1.82, 2.24) is 0 Å². The average molecular weight is 112 g/mol. The lowest BCUT2D eigenvalue weighted by Gasteiger charge is -2.19. The highest BCUT2D eigenvalue weighted by Gasteiger charge is 2.09. The summed E-state index contributed by atoms with van der Waals surface area (Å²) in [6.45, 7) is 0. The largest absolute Gasteiger partial charge is 0.441 e. The first kappa shape index (κ1) is 6.15. The highest BCUT2D eigenvalue weighted by molar-refractivity contribution is 5.98. The van der Waals surface area contributed by atoms with Crippen LogP contribution >= 0.6 is 0 Å². The molecule has 1 saturated carbocycles. The van der Waals surface area contributed by atoms with E-state index in [-0.39, 0.29) is 0 Å². The highest BCUT2D eigenvalue weighted by Crippen LogP contribution is 2.18. The summed E-state index contributed by atoms with van der Waals surface area (Å²) in [6, 6.07) is 0. The maximum absolute atomic E-state index is 5.19.